The summed E-state index contributed by atoms with van der Waals surface area (Å²) in [5.74, 6) is 1.80. The van der Waals surface area contributed by atoms with Gasteiger partial charge in [-0.25, -0.2) is 4.68 Å². The highest BCUT2D eigenvalue weighted by Crippen LogP contribution is 2.27. The predicted molar refractivity (Wildman–Crippen MR) is 85.2 cm³/mol. The van der Waals surface area contributed by atoms with Crippen molar-refractivity contribution < 1.29 is 0 Å². The molecule has 112 valence electrons. The molecule has 0 amide bonds. The molecule has 0 aliphatic carbocycles. The SMILES string of the molecule is CNc1nc(N2CC(C)SC(C)C2)nc(-n2cccn2)n1. The molecule has 0 bridgehead atoms. The van der Waals surface area contributed by atoms with Crippen LogP contribution in [0.15, 0.2) is 18.5 Å². The van der Waals surface area contributed by atoms with Gasteiger partial charge in [-0.1, -0.05) is 13.8 Å². The summed E-state index contributed by atoms with van der Waals surface area (Å²) in [5.41, 5.74) is 0. The zero-order valence-electron chi connectivity index (χ0n) is 12.4. The summed E-state index contributed by atoms with van der Waals surface area (Å²) in [5, 5.41) is 8.32. The van der Waals surface area contributed by atoms with Gasteiger partial charge in [0.25, 0.3) is 5.95 Å². The molecule has 3 rings (SSSR count). The van der Waals surface area contributed by atoms with E-state index in [4.69, 9.17) is 0 Å². The molecule has 3 heterocycles. The quantitative estimate of drug-likeness (QED) is 0.919. The van der Waals surface area contributed by atoms with E-state index in [1.807, 2.05) is 31.1 Å². The van der Waals surface area contributed by atoms with Crippen molar-refractivity contribution in [2.75, 3.05) is 30.4 Å². The van der Waals surface area contributed by atoms with Gasteiger partial charge in [-0.05, 0) is 6.07 Å². The second kappa shape index (κ2) is 5.88. The van der Waals surface area contributed by atoms with Crippen LogP contribution in [0.3, 0.4) is 0 Å². The molecule has 1 aliphatic rings. The molecule has 1 fully saturated rings. The van der Waals surface area contributed by atoms with E-state index in [2.05, 4.69) is 44.1 Å². The first kappa shape index (κ1) is 14.1. The molecular weight excluding hydrogens is 286 g/mol. The molecule has 2 unspecified atom stereocenters. The first-order valence-electron chi connectivity index (χ1n) is 7.00. The van der Waals surface area contributed by atoms with Crippen LogP contribution < -0.4 is 10.2 Å². The summed E-state index contributed by atoms with van der Waals surface area (Å²) < 4.78 is 1.65. The number of nitrogens with one attached hydrogen (secondary N) is 1. The van der Waals surface area contributed by atoms with Crippen LogP contribution in [-0.2, 0) is 0 Å². The van der Waals surface area contributed by atoms with Gasteiger partial charge in [0.05, 0.1) is 0 Å². The Hall–Kier alpha value is -1.83. The second-order valence-corrected chi connectivity index (χ2v) is 7.00. The summed E-state index contributed by atoms with van der Waals surface area (Å²) in [6.45, 7) is 6.37. The van der Waals surface area contributed by atoms with Crippen LogP contribution in [0, 0.1) is 0 Å². The predicted octanol–water partition coefficient (Wildman–Crippen LogP) is 1.43. The Bertz CT molecular complexity index is 591. The van der Waals surface area contributed by atoms with Crippen molar-refractivity contribution in [2.45, 2.75) is 24.3 Å². The van der Waals surface area contributed by atoms with Gasteiger partial charge in [0.1, 0.15) is 0 Å². The lowest BCUT2D eigenvalue weighted by Gasteiger charge is -2.34. The molecule has 2 aromatic rings. The van der Waals surface area contributed by atoms with Crippen molar-refractivity contribution in [3.63, 3.8) is 0 Å². The van der Waals surface area contributed by atoms with Crippen molar-refractivity contribution in [3.05, 3.63) is 18.5 Å². The van der Waals surface area contributed by atoms with Crippen LogP contribution in [0.2, 0.25) is 0 Å². The van der Waals surface area contributed by atoms with Crippen molar-refractivity contribution in [3.8, 4) is 5.95 Å². The van der Waals surface area contributed by atoms with Gasteiger partial charge >= 0.3 is 0 Å². The molecule has 1 saturated heterocycles. The Morgan fingerprint density at radius 2 is 1.86 bits per heavy atom. The molecule has 2 atom stereocenters. The smallest absolute Gasteiger partial charge is 0.257 e. The highest BCUT2D eigenvalue weighted by Gasteiger charge is 2.25. The molecule has 0 radical (unpaired) electrons. The van der Waals surface area contributed by atoms with Gasteiger partial charge in [-0.15, -0.1) is 0 Å². The summed E-state index contributed by atoms with van der Waals surface area (Å²) >= 11 is 2.01. The molecule has 0 aromatic carbocycles. The third kappa shape index (κ3) is 3.10. The maximum absolute atomic E-state index is 4.57. The van der Waals surface area contributed by atoms with E-state index in [1.165, 1.54) is 0 Å². The molecule has 21 heavy (non-hydrogen) atoms. The fourth-order valence-corrected chi connectivity index (χ4v) is 3.76. The minimum Gasteiger partial charge on any atom is -0.357 e. The van der Waals surface area contributed by atoms with E-state index in [0.717, 1.165) is 13.1 Å². The average molecular weight is 305 g/mol. The highest BCUT2D eigenvalue weighted by atomic mass is 32.2. The fourth-order valence-electron chi connectivity index (χ4n) is 2.44. The van der Waals surface area contributed by atoms with Crippen molar-refractivity contribution >= 4 is 23.7 Å². The first-order chi connectivity index (χ1) is 10.2. The number of anilines is 2. The summed E-state index contributed by atoms with van der Waals surface area (Å²) in [7, 11) is 1.81. The summed E-state index contributed by atoms with van der Waals surface area (Å²) in [4.78, 5) is 15.7. The minimum absolute atomic E-state index is 0.535. The van der Waals surface area contributed by atoms with Gasteiger partial charge < -0.3 is 10.2 Å². The standard InChI is InChI=1S/C13H19N7S/c1-9-7-19(8-10(2)21-9)12-16-11(14-3)17-13(18-12)20-6-4-5-15-20/h4-6,9-10H,7-8H2,1-3H3,(H,14,16,17,18). The van der Waals surface area contributed by atoms with Crippen LogP contribution in [-0.4, -0.2) is 55.4 Å². The van der Waals surface area contributed by atoms with Crippen molar-refractivity contribution in [1.82, 2.24) is 24.7 Å². The minimum atomic E-state index is 0.535. The first-order valence-corrected chi connectivity index (χ1v) is 7.94. The third-order valence-electron chi connectivity index (χ3n) is 3.25. The van der Waals surface area contributed by atoms with E-state index >= 15 is 0 Å². The van der Waals surface area contributed by atoms with Gasteiger partial charge in [-0.2, -0.15) is 31.8 Å². The molecule has 2 aromatic heterocycles. The number of rotatable bonds is 3. The van der Waals surface area contributed by atoms with Crippen LogP contribution in [0.4, 0.5) is 11.9 Å². The van der Waals surface area contributed by atoms with E-state index < -0.39 is 0 Å². The fraction of sp³-hybridized carbons (Fsp3) is 0.538. The Labute approximate surface area is 128 Å². The largest absolute Gasteiger partial charge is 0.357 e. The number of thioether (sulfide) groups is 1. The molecule has 0 spiro atoms. The highest BCUT2D eigenvalue weighted by molar-refractivity contribution is 8.00. The Balaban J connectivity index is 1.96. The Kier molecular flexibility index (Phi) is 3.96. The van der Waals surface area contributed by atoms with Gasteiger partial charge in [0.15, 0.2) is 0 Å². The molecule has 8 heteroatoms. The topological polar surface area (TPSA) is 71.8 Å². The molecule has 1 aliphatic heterocycles. The Morgan fingerprint density at radius 1 is 1.14 bits per heavy atom. The summed E-state index contributed by atoms with van der Waals surface area (Å²) in [6, 6.07) is 1.85. The molecular formula is C13H19N7S. The number of nitrogens with zero attached hydrogens (tertiary/aromatic N) is 6. The van der Waals surface area contributed by atoms with Crippen LogP contribution in [0.5, 0.6) is 0 Å². The number of hydrogen-bond donors (Lipinski definition) is 1. The number of hydrogen-bond acceptors (Lipinski definition) is 7. The molecule has 1 N–H and O–H groups in total. The van der Waals surface area contributed by atoms with E-state index in [9.17, 15) is 0 Å². The summed E-state index contributed by atoms with van der Waals surface area (Å²) in [6.07, 6.45) is 3.54. The van der Waals surface area contributed by atoms with Crippen LogP contribution >= 0.6 is 11.8 Å². The zero-order chi connectivity index (χ0) is 14.8. The lowest BCUT2D eigenvalue weighted by Crippen LogP contribution is -2.41. The third-order valence-corrected chi connectivity index (χ3v) is 4.47. The maximum Gasteiger partial charge on any atom is 0.257 e. The maximum atomic E-state index is 4.57. The molecule has 7 nitrogen and oxygen atoms in total. The van der Waals surface area contributed by atoms with Crippen LogP contribution in [0.1, 0.15) is 13.8 Å². The van der Waals surface area contributed by atoms with Crippen molar-refractivity contribution in [1.29, 1.82) is 0 Å². The number of aromatic nitrogens is 5. The Morgan fingerprint density at radius 3 is 2.48 bits per heavy atom. The van der Waals surface area contributed by atoms with E-state index in [-0.39, 0.29) is 0 Å². The monoisotopic (exact) mass is 305 g/mol. The molecule has 0 saturated carbocycles. The van der Waals surface area contributed by atoms with Gasteiger partial charge in [-0.3, -0.25) is 0 Å². The zero-order valence-corrected chi connectivity index (χ0v) is 13.2. The van der Waals surface area contributed by atoms with E-state index in [0.29, 0.717) is 28.3 Å². The van der Waals surface area contributed by atoms with Crippen LogP contribution in [0.25, 0.3) is 5.95 Å². The van der Waals surface area contributed by atoms with Crippen molar-refractivity contribution in [2.24, 2.45) is 0 Å². The average Bonchev–Trinajstić information content (AvgIpc) is 3.00. The lowest BCUT2D eigenvalue weighted by atomic mass is 10.3. The normalized spacial score (nSPS) is 22.3. The van der Waals surface area contributed by atoms with Gasteiger partial charge in [0.2, 0.25) is 11.9 Å². The van der Waals surface area contributed by atoms with Gasteiger partial charge in [0, 0.05) is 43.0 Å². The lowest BCUT2D eigenvalue weighted by molar-refractivity contribution is 0.695. The van der Waals surface area contributed by atoms with E-state index in [1.54, 1.807) is 10.9 Å². The second-order valence-electron chi connectivity index (χ2n) is 5.12.